The van der Waals surface area contributed by atoms with E-state index in [1.54, 1.807) is 0 Å². The minimum atomic E-state index is -0.703. The molecule has 0 aromatic rings. The Labute approximate surface area is 130 Å². The van der Waals surface area contributed by atoms with Gasteiger partial charge in [-0.25, -0.2) is 0 Å². The predicted octanol–water partition coefficient (Wildman–Crippen LogP) is 2.98. The molecule has 1 rings (SSSR count). The first-order valence-electron chi connectivity index (χ1n) is 8.51. The highest BCUT2D eigenvalue weighted by atomic mass is 16.4. The molecule has 21 heavy (non-hydrogen) atoms. The minimum absolute atomic E-state index is 0.208. The summed E-state index contributed by atoms with van der Waals surface area (Å²) < 4.78 is 0. The molecule has 0 bridgehead atoms. The Morgan fingerprint density at radius 2 is 2.10 bits per heavy atom. The Bertz CT molecular complexity index is 333. The second kappa shape index (κ2) is 8.14. The summed E-state index contributed by atoms with van der Waals surface area (Å²) in [4.78, 5) is 14.2. The van der Waals surface area contributed by atoms with E-state index in [1.807, 2.05) is 13.8 Å². The maximum absolute atomic E-state index is 11.9. The van der Waals surface area contributed by atoms with E-state index >= 15 is 0 Å². The molecule has 0 heterocycles. The van der Waals surface area contributed by atoms with Crippen molar-refractivity contribution in [3.63, 3.8) is 0 Å². The number of hydrogen-bond acceptors (Lipinski definition) is 3. The van der Waals surface area contributed by atoms with Crippen molar-refractivity contribution < 1.29 is 9.90 Å². The van der Waals surface area contributed by atoms with Gasteiger partial charge in [-0.3, -0.25) is 10.1 Å². The third kappa shape index (κ3) is 4.96. The summed E-state index contributed by atoms with van der Waals surface area (Å²) in [6, 6.07) is 0.208. The molecule has 0 aromatic carbocycles. The van der Waals surface area contributed by atoms with Crippen LogP contribution in [0.1, 0.15) is 59.8 Å². The van der Waals surface area contributed by atoms with Crippen LogP contribution in [0.5, 0.6) is 0 Å². The van der Waals surface area contributed by atoms with E-state index in [2.05, 4.69) is 31.1 Å². The second-order valence-electron chi connectivity index (χ2n) is 7.23. The molecule has 0 aromatic heterocycles. The van der Waals surface area contributed by atoms with Gasteiger partial charge in [-0.15, -0.1) is 0 Å². The summed E-state index contributed by atoms with van der Waals surface area (Å²) >= 11 is 0. The first-order valence-corrected chi connectivity index (χ1v) is 8.51. The van der Waals surface area contributed by atoms with Gasteiger partial charge in [0.2, 0.25) is 0 Å². The predicted molar refractivity (Wildman–Crippen MR) is 87.5 cm³/mol. The molecule has 0 spiro atoms. The Morgan fingerprint density at radius 3 is 2.62 bits per heavy atom. The summed E-state index contributed by atoms with van der Waals surface area (Å²) in [5, 5.41) is 13.1. The van der Waals surface area contributed by atoms with Crippen LogP contribution in [0.4, 0.5) is 0 Å². The van der Waals surface area contributed by atoms with E-state index in [9.17, 15) is 9.90 Å². The van der Waals surface area contributed by atoms with Crippen molar-refractivity contribution in [2.75, 3.05) is 20.1 Å². The van der Waals surface area contributed by atoms with Crippen LogP contribution in [0.2, 0.25) is 0 Å². The topological polar surface area (TPSA) is 52.6 Å². The molecule has 1 aliphatic carbocycles. The molecule has 124 valence electrons. The number of nitrogens with zero attached hydrogens (tertiary/aromatic N) is 1. The normalized spacial score (nSPS) is 27.5. The Kier molecular flexibility index (Phi) is 7.14. The molecule has 4 heteroatoms. The van der Waals surface area contributed by atoms with Gasteiger partial charge < -0.3 is 10.0 Å². The third-order valence-corrected chi connectivity index (χ3v) is 4.93. The van der Waals surface area contributed by atoms with Gasteiger partial charge in [-0.1, -0.05) is 26.7 Å². The molecule has 2 N–H and O–H groups in total. The van der Waals surface area contributed by atoms with Crippen LogP contribution in [0, 0.1) is 11.8 Å². The molecule has 0 saturated heterocycles. The largest absolute Gasteiger partial charge is 0.480 e. The number of carboxylic acids is 1. The van der Waals surface area contributed by atoms with Gasteiger partial charge in [0.1, 0.15) is 5.54 Å². The highest BCUT2D eigenvalue weighted by Crippen LogP contribution is 2.38. The average molecular weight is 298 g/mol. The van der Waals surface area contributed by atoms with E-state index in [0.29, 0.717) is 5.92 Å². The fourth-order valence-corrected chi connectivity index (χ4v) is 3.65. The summed E-state index contributed by atoms with van der Waals surface area (Å²) in [6.45, 7) is 10.7. The quantitative estimate of drug-likeness (QED) is 0.687. The zero-order valence-electron chi connectivity index (χ0n) is 14.5. The van der Waals surface area contributed by atoms with Gasteiger partial charge in [-0.2, -0.15) is 0 Å². The van der Waals surface area contributed by atoms with Gasteiger partial charge in [0.05, 0.1) is 0 Å². The fourth-order valence-electron chi connectivity index (χ4n) is 3.65. The van der Waals surface area contributed by atoms with Crippen LogP contribution in [0.15, 0.2) is 0 Å². The molecule has 4 nitrogen and oxygen atoms in total. The van der Waals surface area contributed by atoms with Crippen molar-refractivity contribution in [3.05, 3.63) is 0 Å². The molecule has 1 fully saturated rings. The molecule has 3 atom stereocenters. The van der Waals surface area contributed by atoms with Crippen LogP contribution in [-0.4, -0.2) is 47.7 Å². The van der Waals surface area contributed by atoms with Crippen LogP contribution < -0.4 is 5.32 Å². The molecular weight excluding hydrogens is 264 g/mol. The molecule has 3 unspecified atom stereocenters. The van der Waals surface area contributed by atoms with Gasteiger partial charge >= 0.3 is 5.97 Å². The maximum atomic E-state index is 11.9. The number of aliphatic carboxylic acids is 1. The number of carboxylic acid groups (broad SMARTS) is 1. The minimum Gasteiger partial charge on any atom is -0.480 e. The van der Waals surface area contributed by atoms with Gasteiger partial charge in [-0.05, 0) is 58.5 Å². The highest BCUT2D eigenvalue weighted by Gasteiger charge is 2.48. The van der Waals surface area contributed by atoms with Crippen LogP contribution in [0.25, 0.3) is 0 Å². The Morgan fingerprint density at radius 1 is 1.43 bits per heavy atom. The lowest BCUT2D eigenvalue weighted by Crippen LogP contribution is -2.57. The van der Waals surface area contributed by atoms with Crippen molar-refractivity contribution in [2.24, 2.45) is 11.8 Å². The molecule has 1 aliphatic rings. The Hall–Kier alpha value is -0.610. The van der Waals surface area contributed by atoms with Crippen molar-refractivity contribution in [1.29, 1.82) is 0 Å². The molecule has 0 radical (unpaired) electrons. The van der Waals surface area contributed by atoms with Crippen molar-refractivity contribution in [2.45, 2.75) is 71.4 Å². The highest BCUT2D eigenvalue weighted by molar-refractivity contribution is 5.79. The number of hydrogen-bond donors (Lipinski definition) is 2. The smallest absolute Gasteiger partial charge is 0.324 e. The Balaban J connectivity index is 2.61. The fraction of sp³-hybridized carbons (Fsp3) is 0.941. The maximum Gasteiger partial charge on any atom is 0.324 e. The number of rotatable bonds is 9. The molecule has 0 amide bonds. The monoisotopic (exact) mass is 298 g/mol. The number of nitrogens with one attached hydrogen (secondary N) is 1. The van der Waals surface area contributed by atoms with E-state index in [1.165, 1.54) is 6.42 Å². The lowest BCUT2D eigenvalue weighted by Gasteiger charge is -2.35. The third-order valence-electron chi connectivity index (χ3n) is 4.93. The van der Waals surface area contributed by atoms with Crippen molar-refractivity contribution >= 4 is 5.97 Å². The van der Waals surface area contributed by atoms with Crippen molar-refractivity contribution in [1.82, 2.24) is 10.2 Å². The lowest BCUT2D eigenvalue weighted by molar-refractivity contribution is -0.147. The summed E-state index contributed by atoms with van der Waals surface area (Å²) in [5.74, 6) is 0.289. The zero-order chi connectivity index (χ0) is 16.0. The van der Waals surface area contributed by atoms with E-state index < -0.39 is 11.5 Å². The molecular formula is C17H34N2O2. The average Bonchev–Trinajstić information content (AvgIpc) is 2.79. The first-order chi connectivity index (χ1) is 9.81. The summed E-state index contributed by atoms with van der Waals surface area (Å²) in [7, 11) is 2.15. The summed E-state index contributed by atoms with van der Waals surface area (Å²) in [6.07, 6.45) is 4.98. The van der Waals surface area contributed by atoms with Gasteiger partial charge in [0.25, 0.3) is 0 Å². The van der Waals surface area contributed by atoms with E-state index in [-0.39, 0.29) is 12.0 Å². The van der Waals surface area contributed by atoms with E-state index in [4.69, 9.17) is 0 Å². The van der Waals surface area contributed by atoms with Crippen LogP contribution in [0.3, 0.4) is 0 Å². The van der Waals surface area contributed by atoms with Gasteiger partial charge in [0, 0.05) is 12.6 Å². The second-order valence-corrected chi connectivity index (χ2v) is 7.23. The zero-order valence-corrected chi connectivity index (χ0v) is 14.5. The SMILES string of the molecule is CCC(C)CN(C)CCC1CCCC1(NC(C)C)C(=O)O. The van der Waals surface area contributed by atoms with Gasteiger partial charge in [0.15, 0.2) is 0 Å². The molecule has 1 saturated carbocycles. The van der Waals surface area contributed by atoms with Crippen molar-refractivity contribution in [3.8, 4) is 0 Å². The first kappa shape index (κ1) is 18.4. The number of carbonyl (C=O) groups is 1. The standard InChI is InChI=1S/C17H34N2O2/c1-6-14(4)12-19(5)11-9-15-8-7-10-17(15,16(20)21)18-13(2)3/h13-15,18H,6-12H2,1-5H3,(H,20,21). The van der Waals surface area contributed by atoms with Crippen LogP contribution in [-0.2, 0) is 4.79 Å². The van der Waals surface area contributed by atoms with Crippen LogP contribution >= 0.6 is 0 Å². The summed E-state index contributed by atoms with van der Waals surface area (Å²) in [5.41, 5.74) is -0.703. The lowest BCUT2D eigenvalue weighted by atomic mass is 9.83. The molecule has 0 aliphatic heterocycles. The van der Waals surface area contributed by atoms with E-state index in [0.717, 1.165) is 38.8 Å².